The maximum absolute atomic E-state index is 14.2. The SMILES string of the molecule is COC(=O)N[C@H](C(=O)N1CCC[C@H]1CNc1ncc(-c2ccc3cc(-c4cnc([C@@H]5C[C@H]6CCCC[C@H]6N5C(=O)[C@@H](NC(=O)OC)C(C)C)[nH]4)ccc3c2)cn1)C(C)C. The summed E-state index contributed by atoms with van der Waals surface area (Å²) in [7, 11) is 2.60. The molecule has 4 aromatic rings. The number of nitrogens with one attached hydrogen (secondary N) is 4. The lowest BCUT2D eigenvalue weighted by Crippen LogP contribution is -2.53. The number of nitrogens with zero attached hydrogens (tertiary/aromatic N) is 5. The number of amides is 4. The fourth-order valence-corrected chi connectivity index (χ4v) is 9.12. The van der Waals surface area contributed by atoms with E-state index in [4.69, 9.17) is 14.5 Å². The summed E-state index contributed by atoms with van der Waals surface area (Å²) in [5, 5.41) is 10.9. The number of hydrogen-bond donors (Lipinski definition) is 4. The van der Waals surface area contributed by atoms with Gasteiger partial charge in [0.1, 0.15) is 17.9 Å². The lowest BCUT2D eigenvalue weighted by Gasteiger charge is -2.36. The van der Waals surface area contributed by atoms with Crippen LogP contribution in [0.4, 0.5) is 15.5 Å². The van der Waals surface area contributed by atoms with E-state index in [9.17, 15) is 19.2 Å². The highest BCUT2D eigenvalue weighted by Crippen LogP contribution is 2.46. The normalized spacial score (nSPS) is 21.3. The number of anilines is 1. The molecule has 2 aromatic carbocycles. The summed E-state index contributed by atoms with van der Waals surface area (Å²) < 4.78 is 9.60. The number of imidazole rings is 1. The summed E-state index contributed by atoms with van der Waals surface area (Å²) in [6.45, 7) is 8.81. The van der Waals surface area contributed by atoms with Gasteiger partial charge in [0, 0.05) is 48.7 Å². The van der Waals surface area contributed by atoms with Crippen LogP contribution in [0.5, 0.6) is 0 Å². The molecule has 2 saturated heterocycles. The van der Waals surface area contributed by atoms with E-state index < -0.39 is 24.3 Å². The van der Waals surface area contributed by atoms with Gasteiger partial charge in [-0.1, -0.05) is 64.8 Å². The van der Waals surface area contributed by atoms with Gasteiger partial charge < -0.3 is 40.2 Å². The van der Waals surface area contributed by atoms with Gasteiger partial charge in [-0.2, -0.15) is 0 Å². The number of ether oxygens (including phenoxy) is 2. The molecule has 1 saturated carbocycles. The standard InChI is InChI=1S/C44H57N9O6/c1-25(2)37(50-43(56)58-5)40(54)52-17-9-11-33(52)23-48-42-46-21-32(22-47-42)29-14-13-28-19-30(16-15-27(28)18-29)34-24-45-39(49-34)36-20-31-10-7-8-12-35(31)53(36)41(55)38(26(3)4)51-44(57)59-6/h13-16,18-19,21-22,24-26,31,33,35-38H,7-12,17,20,23H2,1-6H3,(H,45,49)(H,50,56)(H,51,57)(H,46,47,48)/t31-,33+,35-,36+,37+,38+/m1/s1. The smallest absolute Gasteiger partial charge is 0.407 e. The molecule has 7 rings (SSSR count). The van der Waals surface area contributed by atoms with Crippen LogP contribution < -0.4 is 16.0 Å². The third kappa shape index (κ3) is 8.98. The van der Waals surface area contributed by atoms with Crippen molar-refractivity contribution in [2.45, 2.75) is 103 Å². The van der Waals surface area contributed by atoms with Crippen LogP contribution in [-0.4, -0.2) is 105 Å². The van der Waals surface area contributed by atoms with Crippen LogP contribution in [0.3, 0.4) is 0 Å². The van der Waals surface area contributed by atoms with E-state index in [0.29, 0.717) is 25.0 Å². The molecule has 0 spiro atoms. The Morgan fingerprint density at radius 3 is 2.05 bits per heavy atom. The third-order valence-corrected chi connectivity index (χ3v) is 12.3. The number of carbonyl (C=O) groups excluding carboxylic acids is 4. The summed E-state index contributed by atoms with van der Waals surface area (Å²) >= 11 is 0. The van der Waals surface area contributed by atoms with Gasteiger partial charge in [0.05, 0.1) is 32.2 Å². The highest BCUT2D eigenvalue weighted by Gasteiger charge is 2.48. The Balaban J connectivity index is 1.02. The molecule has 15 nitrogen and oxygen atoms in total. The third-order valence-electron chi connectivity index (χ3n) is 12.3. The number of alkyl carbamates (subject to hydrolysis) is 2. The Kier molecular flexibility index (Phi) is 12.7. The first kappa shape index (κ1) is 41.4. The van der Waals surface area contributed by atoms with Gasteiger partial charge in [-0.3, -0.25) is 9.59 Å². The first-order chi connectivity index (χ1) is 28.4. The van der Waals surface area contributed by atoms with E-state index in [0.717, 1.165) is 83.9 Å². The summed E-state index contributed by atoms with van der Waals surface area (Å²) in [6.07, 6.45) is 11.0. The van der Waals surface area contributed by atoms with E-state index >= 15 is 0 Å². The number of rotatable bonds is 12. The van der Waals surface area contributed by atoms with Crippen molar-refractivity contribution in [2.75, 3.05) is 32.6 Å². The van der Waals surface area contributed by atoms with Gasteiger partial charge in [0.25, 0.3) is 0 Å². The number of hydrogen-bond acceptors (Lipinski definition) is 10. The Hall–Kier alpha value is -5.73. The van der Waals surface area contributed by atoms with Gasteiger partial charge in [-0.25, -0.2) is 24.5 Å². The molecule has 314 valence electrons. The van der Waals surface area contributed by atoms with E-state index in [1.165, 1.54) is 14.2 Å². The Bertz CT molecular complexity index is 2140. The zero-order valence-electron chi connectivity index (χ0n) is 34.9. The largest absolute Gasteiger partial charge is 0.453 e. The van der Waals surface area contributed by atoms with Crippen LogP contribution in [0, 0.1) is 17.8 Å². The van der Waals surface area contributed by atoms with Crippen LogP contribution in [0.25, 0.3) is 33.2 Å². The molecule has 4 heterocycles. The average Bonchev–Trinajstić information content (AvgIpc) is 4.02. The van der Waals surface area contributed by atoms with Crippen LogP contribution in [0.15, 0.2) is 55.0 Å². The second-order valence-electron chi connectivity index (χ2n) is 16.8. The first-order valence-corrected chi connectivity index (χ1v) is 20.9. The van der Waals surface area contributed by atoms with Gasteiger partial charge >= 0.3 is 12.2 Å². The van der Waals surface area contributed by atoms with Crippen LogP contribution in [-0.2, 0) is 19.1 Å². The van der Waals surface area contributed by atoms with E-state index in [-0.39, 0.29) is 41.8 Å². The van der Waals surface area contributed by atoms with E-state index in [2.05, 4.69) is 67.3 Å². The molecular formula is C44H57N9O6. The van der Waals surface area contributed by atoms with Crippen molar-refractivity contribution in [3.63, 3.8) is 0 Å². The monoisotopic (exact) mass is 807 g/mol. The molecule has 0 radical (unpaired) electrons. The number of carbonyl (C=O) groups is 4. The zero-order valence-corrected chi connectivity index (χ0v) is 34.9. The minimum absolute atomic E-state index is 0.0459. The number of likely N-dealkylation sites (tertiary alicyclic amines) is 2. The molecule has 0 bridgehead atoms. The van der Waals surface area contributed by atoms with Crippen LogP contribution in [0.1, 0.15) is 84.5 Å². The van der Waals surface area contributed by atoms with Crippen molar-refractivity contribution in [2.24, 2.45) is 17.8 Å². The lowest BCUT2D eigenvalue weighted by molar-refractivity contribution is -0.138. The molecule has 15 heteroatoms. The minimum Gasteiger partial charge on any atom is -0.453 e. The molecule has 59 heavy (non-hydrogen) atoms. The second kappa shape index (κ2) is 18.0. The summed E-state index contributed by atoms with van der Waals surface area (Å²) in [6, 6.07) is 11.1. The number of aromatic amines is 1. The molecule has 0 unspecified atom stereocenters. The zero-order chi connectivity index (χ0) is 41.8. The predicted molar refractivity (Wildman–Crippen MR) is 224 cm³/mol. The molecule has 3 aliphatic rings. The fraction of sp³-hybridized carbons (Fsp3) is 0.523. The van der Waals surface area contributed by atoms with E-state index in [1.54, 1.807) is 12.4 Å². The van der Waals surface area contributed by atoms with Crippen molar-refractivity contribution in [3.05, 3.63) is 60.8 Å². The van der Waals surface area contributed by atoms with Gasteiger partial charge in [-0.05, 0) is 78.3 Å². The van der Waals surface area contributed by atoms with E-state index in [1.807, 2.05) is 43.7 Å². The highest BCUT2D eigenvalue weighted by molar-refractivity contribution is 5.91. The maximum Gasteiger partial charge on any atom is 0.407 e. The van der Waals surface area contributed by atoms with Gasteiger partial charge in [0.2, 0.25) is 17.8 Å². The van der Waals surface area contributed by atoms with Crippen LogP contribution in [0.2, 0.25) is 0 Å². The van der Waals surface area contributed by atoms with Crippen molar-refractivity contribution in [1.29, 1.82) is 0 Å². The molecule has 6 atom stereocenters. The number of benzene rings is 2. The average molecular weight is 808 g/mol. The van der Waals surface area contributed by atoms with Crippen molar-refractivity contribution in [3.8, 4) is 22.4 Å². The Morgan fingerprint density at radius 2 is 1.39 bits per heavy atom. The number of H-pyrrole nitrogens is 1. The number of aromatic nitrogens is 4. The topological polar surface area (TPSA) is 184 Å². The Labute approximate surface area is 345 Å². The van der Waals surface area contributed by atoms with Crippen molar-refractivity contribution in [1.82, 2.24) is 40.4 Å². The molecule has 3 fully saturated rings. The second-order valence-corrected chi connectivity index (χ2v) is 16.8. The Morgan fingerprint density at radius 1 is 0.763 bits per heavy atom. The predicted octanol–water partition coefficient (Wildman–Crippen LogP) is 6.68. The van der Waals surface area contributed by atoms with Gasteiger partial charge in [-0.15, -0.1) is 0 Å². The van der Waals surface area contributed by atoms with Crippen molar-refractivity contribution < 1.29 is 28.7 Å². The molecule has 4 amide bonds. The quantitative estimate of drug-likeness (QED) is 0.120. The van der Waals surface area contributed by atoms with Gasteiger partial charge in [0.15, 0.2) is 0 Å². The molecule has 2 aliphatic heterocycles. The molecular weight excluding hydrogens is 751 g/mol. The molecule has 2 aromatic heterocycles. The molecule has 1 aliphatic carbocycles. The molecule has 4 N–H and O–H groups in total. The number of methoxy groups -OCH3 is 2. The lowest BCUT2D eigenvalue weighted by atomic mass is 9.84. The maximum atomic E-state index is 14.2. The summed E-state index contributed by atoms with van der Waals surface area (Å²) in [4.78, 5) is 73.1. The summed E-state index contributed by atoms with van der Waals surface area (Å²) in [5.41, 5.74) is 3.73. The van der Waals surface area contributed by atoms with Crippen LogP contribution >= 0.6 is 0 Å². The summed E-state index contributed by atoms with van der Waals surface area (Å²) in [5.74, 6) is 1.24. The number of fused-ring (bicyclic) bond motifs is 2. The fourth-order valence-electron chi connectivity index (χ4n) is 9.12. The minimum atomic E-state index is -0.693. The highest BCUT2D eigenvalue weighted by atomic mass is 16.5. The first-order valence-electron chi connectivity index (χ1n) is 20.9. The van der Waals surface area contributed by atoms with Crippen molar-refractivity contribution >= 4 is 40.7 Å².